The molecule has 4 nitrogen and oxygen atoms in total. The van der Waals surface area contributed by atoms with E-state index in [0.29, 0.717) is 28.2 Å². The van der Waals surface area contributed by atoms with Gasteiger partial charge in [-0.15, -0.1) is 0 Å². The predicted octanol–water partition coefficient (Wildman–Crippen LogP) is 5.65. The average molecular weight is 411 g/mol. The summed E-state index contributed by atoms with van der Waals surface area (Å²) >= 11 is 3.43. The first kappa shape index (κ1) is 16.5. The zero-order valence-electron chi connectivity index (χ0n) is 13.4. The van der Waals surface area contributed by atoms with Crippen LogP contribution in [0.15, 0.2) is 75.6 Å². The third-order valence-corrected chi connectivity index (χ3v) is 4.32. The van der Waals surface area contributed by atoms with Gasteiger partial charge in [-0.25, -0.2) is 9.37 Å². The van der Waals surface area contributed by atoms with Crippen LogP contribution in [0.3, 0.4) is 0 Å². The minimum Gasteiger partial charge on any atom is -0.436 e. The number of hydrogen-bond acceptors (Lipinski definition) is 3. The number of aromatic nitrogens is 1. The Morgan fingerprint density at radius 2 is 1.85 bits per heavy atom. The number of amides is 1. The second-order valence-electron chi connectivity index (χ2n) is 5.67. The lowest BCUT2D eigenvalue weighted by atomic mass is 10.2. The van der Waals surface area contributed by atoms with Crippen LogP contribution in [0, 0.1) is 5.82 Å². The summed E-state index contributed by atoms with van der Waals surface area (Å²) in [5.41, 5.74) is 3.08. The maximum atomic E-state index is 13.0. The Bertz CT molecular complexity index is 1110. The number of carbonyl (C=O) groups is 1. The maximum Gasteiger partial charge on any atom is 0.255 e. The average Bonchev–Trinajstić information content (AvgIpc) is 3.05. The summed E-state index contributed by atoms with van der Waals surface area (Å²) in [5, 5.41) is 2.78. The third kappa shape index (κ3) is 3.36. The Labute approximate surface area is 156 Å². The van der Waals surface area contributed by atoms with Crippen LogP contribution in [0.1, 0.15) is 10.4 Å². The smallest absolute Gasteiger partial charge is 0.255 e. The second kappa shape index (κ2) is 6.72. The number of carbonyl (C=O) groups excluding carboxylic acids is 1. The highest BCUT2D eigenvalue weighted by molar-refractivity contribution is 9.10. The molecule has 0 fully saturated rings. The molecule has 4 rings (SSSR count). The molecule has 0 atom stereocenters. The van der Waals surface area contributed by atoms with Crippen LogP contribution in [0.4, 0.5) is 10.1 Å². The summed E-state index contributed by atoms with van der Waals surface area (Å²) in [6, 6.07) is 18.3. The van der Waals surface area contributed by atoms with E-state index in [1.54, 1.807) is 18.2 Å². The first-order chi connectivity index (χ1) is 12.6. The van der Waals surface area contributed by atoms with Crippen LogP contribution >= 0.6 is 15.9 Å². The molecule has 3 aromatic carbocycles. The first-order valence-corrected chi connectivity index (χ1v) is 8.61. The molecule has 0 spiro atoms. The van der Waals surface area contributed by atoms with Crippen molar-refractivity contribution >= 4 is 38.6 Å². The van der Waals surface area contributed by atoms with Crippen LogP contribution in [0.25, 0.3) is 22.6 Å². The lowest BCUT2D eigenvalue weighted by Gasteiger charge is -2.04. The molecular formula is C20H12BrFN2O2. The van der Waals surface area contributed by atoms with Crippen molar-refractivity contribution < 1.29 is 13.6 Å². The number of anilines is 1. The van der Waals surface area contributed by atoms with E-state index in [1.807, 2.05) is 24.3 Å². The molecule has 0 saturated heterocycles. The van der Waals surface area contributed by atoms with Crippen LogP contribution < -0.4 is 5.32 Å². The summed E-state index contributed by atoms with van der Waals surface area (Å²) in [7, 11) is 0. The van der Waals surface area contributed by atoms with Crippen molar-refractivity contribution in [3.63, 3.8) is 0 Å². The molecule has 1 N–H and O–H groups in total. The number of benzene rings is 3. The Balaban J connectivity index is 1.61. The molecule has 0 bridgehead atoms. The van der Waals surface area contributed by atoms with Crippen LogP contribution in [-0.4, -0.2) is 10.9 Å². The fraction of sp³-hybridized carbons (Fsp3) is 0. The molecule has 0 radical (unpaired) electrons. The minimum absolute atomic E-state index is 0.319. The number of hydrogen-bond donors (Lipinski definition) is 1. The topological polar surface area (TPSA) is 55.1 Å². The number of nitrogens with zero attached hydrogens (tertiary/aromatic N) is 1. The molecule has 1 heterocycles. The molecule has 0 aliphatic heterocycles. The van der Waals surface area contributed by atoms with Gasteiger partial charge in [0.05, 0.1) is 0 Å². The lowest BCUT2D eigenvalue weighted by molar-refractivity contribution is 0.102. The van der Waals surface area contributed by atoms with Gasteiger partial charge in [-0.05, 0) is 60.7 Å². The van der Waals surface area contributed by atoms with Gasteiger partial charge in [0.25, 0.3) is 5.91 Å². The summed E-state index contributed by atoms with van der Waals surface area (Å²) < 4.78 is 19.7. The Morgan fingerprint density at radius 1 is 1.04 bits per heavy atom. The van der Waals surface area contributed by atoms with Gasteiger partial charge >= 0.3 is 0 Å². The highest BCUT2D eigenvalue weighted by atomic mass is 79.9. The van der Waals surface area contributed by atoms with Crippen molar-refractivity contribution in [2.45, 2.75) is 0 Å². The molecule has 128 valence electrons. The molecule has 0 unspecified atom stereocenters. The predicted molar refractivity (Wildman–Crippen MR) is 101 cm³/mol. The quantitative estimate of drug-likeness (QED) is 0.474. The van der Waals surface area contributed by atoms with E-state index >= 15 is 0 Å². The van der Waals surface area contributed by atoms with Crippen LogP contribution in [0.5, 0.6) is 0 Å². The lowest BCUT2D eigenvalue weighted by Crippen LogP contribution is -2.11. The first-order valence-electron chi connectivity index (χ1n) is 7.82. The SMILES string of the molecule is O=C(Nc1ccc2oc(-c3cccc(Br)c3)nc2c1)c1ccc(F)cc1. The summed E-state index contributed by atoms with van der Waals surface area (Å²) in [6.45, 7) is 0. The standard InChI is InChI=1S/C20H12BrFN2O2/c21-14-3-1-2-13(10-14)20-24-17-11-16(8-9-18(17)26-20)23-19(25)12-4-6-15(22)7-5-12/h1-11H,(H,23,25). The van der Waals surface area contributed by atoms with Gasteiger partial charge in [0, 0.05) is 21.3 Å². The fourth-order valence-electron chi connectivity index (χ4n) is 2.55. The number of oxazole rings is 1. The Kier molecular flexibility index (Phi) is 4.26. The minimum atomic E-state index is -0.384. The summed E-state index contributed by atoms with van der Waals surface area (Å²) in [5.74, 6) is -0.200. The summed E-state index contributed by atoms with van der Waals surface area (Å²) in [6.07, 6.45) is 0. The molecular weight excluding hydrogens is 399 g/mol. The van der Waals surface area contributed by atoms with Gasteiger partial charge in [-0.1, -0.05) is 22.0 Å². The molecule has 1 amide bonds. The third-order valence-electron chi connectivity index (χ3n) is 3.82. The van der Waals surface area contributed by atoms with E-state index in [2.05, 4.69) is 26.2 Å². The van der Waals surface area contributed by atoms with Crippen molar-refractivity contribution in [3.05, 3.63) is 82.6 Å². The normalized spacial score (nSPS) is 10.8. The van der Waals surface area contributed by atoms with E-state index in [4.69, 9.17) is 4.42 Å². The van der Waals surface area contributed by atoms with E-state index in [9.17, 15) is 9.18 Å². The molecule has 4 aromatic rings. The number of nitrogens with one attached hydrogen (secondary N) is 1. The number of fused-ring (bicyclic) bond motifs is 1. The van der Waals surface area contributed by atoms with Gasteiger partial charge in [0.1, 0.15) is 11.3 Å². The van der Waals surface area contributed by atoms with Gasteiger partial charge in [-0.3, -0.25) is 4.79 Å². The number of rotatable bonds is 3. The largest absolute Gasteiger partial charge is 0.436 e. The van der Waals surface area contributed by atoms with E-state index in [-0.39, 0.29) is 11.7 Å². The van der Waals surface area contributed by atoms with E-state index in [1.165, 1.54) is 24.3 Å². The van der Waals surface area contributed by atoms with Crippen molar-refractivity contribution in [2.24, 2.45) is 0 Å². The van der Waals surface area contributed by atoms with Crippen LogP contribution in [-0.2, 0) is 0 Å². The van der Waals surface area contributed by atoms with Crippen molar-refractivity contribution in [1.29, 1.82) is 0 Å². The van der Waals surface area contributed by atoms with Crippen molar-refractivity contribution in [1.82, 2.24) is 4.98 Å². The molecule has 0 saturated carbocycles. The zero-order valence-corrected chi connectivity index (χ0v) is 15.0. The molecule has 0 aliphatic carbocycles. The highest BCUT2D eigenvalue weighted by Gasteiger charge is 2.11. The van der Waals surface area contributed by atoms with Gasteiger partial charge < -0.3 is 9.73 Å². The van der Waals surface area contributed by atoms with E-state index < -0.39 is 0 Å². The zero-order chi connectivity index (χ0) is 18.1. The Morgan fingerprint density at radius 3 is 2.62 bits per heavy atom. The van der Waals surface area contributed by atoms with Crippen molar-refractivity contribution in [2.75, 3.05) is 5.32 Å². The van der Waals surface area contributed by atoms with Gasteiger partial charge in [0.2, 0.25) is 5.89 Å². The Hall–Kier alpha value is -2.99. The number of halogens is 2. The highest BCUT2D eigenvalue weighted by Crippen LogP contribution is 2.28. The van der Waals surface area contributed by atoms with Crippen molar-refractivity contribution in [3.8, 4) is 11.5 Å². The van der Waals surface area contributed by atoms with E-state index in [0.717, 1.165) is 10.0 Å². The monoisotopic (exact) mass is 410 g/mol. The molecule has 0 aliphatic rings. The summed E-state index contributed by atoms with van der Waals surface area (Å²) in [4.78, 5) is 16.7. The second-order valence-corrected chi connectivity index (χ2v) is 6.59. The van der Waals surface area contributed by atoms with Crippen LogP contribution in [0.2, 0.25) is 0 Å². The molecule has 6 heteroatoms. The molecule has 26 heavy (non-hydrogen) atoms. The fourth-order valence-corrected chi connectivity index (χ4v) is 2.95. The van der Waals surface area contributed by atoms with Gasteiger partial charge in [-0.2, -0.15) is 0 Å². The maximum absolute atomic E-state index is 13.0. The van der Waals surface area contributed by atoms with Gasteiger partial charge in [0.15, 0.2) is 5.58 Å². The molecule has 1 aromatic heterocycles.